The van der Waals surface area contributed by atoms with Crippen LogP contribution in [0.2, 0.25) is 0 Å². The van der Waals surface area contributed by atoms with Gasteiger partial charge in [-0.25, -0.2) is 0 Å². The van der Waals surface area contributed by atoms with E-state index < -0.39 is 0 Å². The molecule has 36 heavy (non-hydrogen) atoms. The van der Waals surface area contributed by atoms with Crippen molar-refractivity contribution in [2.45, 2.75) is 58.8 Å². The number of piperidine rings is 1. The van der Waals surface area contributed by atoms with Crippen LogP contribution in [-0.2, 0) is 22.4 Å². The van der Waals surface area contributed by atoms with Crippen LogP contribution in [-0.4, -0.2) is 61.5 Å². The topological polar surface area (TPSA) is 59.1 Å². The van der Waals surface area contributed by atoms with Gasteiger partial charge >= 0.3 is 0 Å². The Bertz CT molecular complexity index is 1060. The maximum atomic E-state index is 13.7. The van der Waals surface area contributed by atoms with Crippen LogP contribution >= 0.6 is 0 Å². The Kier molecular flexibility index (Phi) is 8.55. The number of hydrogen-bond acceptors (Lipinski definition) is 4. The fraction of sp³-hybridized carbons (Fsp3) is 0.533. The monoisotopic (exact) mass is 492 g/mol. The van der Waals surface area contributed by atoms with Gasteiger partial charge in [0.15, 0.2) is 0 Å². The van der Waals surface area contributed by atoms with Crippen molar-refractivity contribution in [1.29, 1.82) is 0 Å². The van der Waals surface area contributed by atoms with E-state index in [9.17, 15) is 9.59 Å². The van der Waals surface area contributed by atoms with Crippen molar-refractivity contribution in [2.24, 2.45) is 5.41 Å². The van der Waals surface area contributed by atoms with Crippen molar-refractivity contribution in [3.05, 3.63) is 59.2 Å². The second-order valence-corrected chi connectivity index (χ2v) is 10.5. The fourth-order valence-electron chi connectivity index (χ4n) is 5.75. The molecule has 0 saturated carbocycles. The number of amides is 2. The Morgan fingerprint density at radius 1 is 1.00 bits per heavy atom. The Balaban J connectivity index is 1.55. The molecule has 0 unspecified atom stereocenters. The van der Waals surface area contributed by atoms with Crippen LogP contribution in [0, 0.1) is 12.3 Å². The molecular formula is C30H40N2O4. The SMILES string of the molecule is COc1ccc(CC(=O)N2CCOc3ccccc3CCCCC3(CCN(C(C)=O)CC3)C2)cc1C. The summed E-state index contributed by atoms with van der Waals surface area (Å²) in [6.45, 7) is 6.95. The normalized spacial score (nSPS) is 18.4. The predicted octanol–water partition coefficient (Wildman–Crippen LogP) is 4.81. The van der Waals surface area contributed by atoms with E-state index in [1.165, 1.54) is 5.56 Å². The number of para-hydroxylation sites is 1. The first-order valence-electron chi connectivity index (χ1n) is 13.3. The summed E-state index contributed by atoms with van der Waals surface area (Å²) in [5.41, 5.74) is 3.31. The summed E-state index contributed by atoms with van der Waals surface area (Å²) < 4.78 is 11.6. The van der Waals surface area contributed by atoms with Crippen LogP contribution in [0.15, 0.2) is 42.5 Å². The molecule has 2 aliphatic heterocycles. The molecule has 0 aliphatic carbocycles. The number of nitrogens with zero attached hydrogens (tertiary/aromatic N) is 2. The van der Waals surface area contributed by atoms with Crippen LogP contribution < -0.4 is 9.47 Å². The summed E-state index contributed by atoms with van der Waals surface area (Å²) in [6, 6.07) is 14.2. The lowest BCUT2D eigenvalue weighted by Gasteiger charge is -2.44. The maximum absolute atomic E-state index is 13.7. The molecule has 0 radical (unpaired) electrons. The van der Waals surface area contributed by atoms with Crippen molar-refractivity contribution in [2.75, 3.05) is 39.9 Å². The van der Waals surface area contributed by atoms with Crippen molar-refractivity contribution in [1.82, 2.24) is 9.80 Å². The van der Waals surface area contributed by atoms with Crippen molar-refractivity contribution in [3.63, 3.8) is 0 Å². The molecule has 0 aromatic heterocycles. The lowest BCUT2D eigenvalue weighted by Crippen LogP contribution is -2.50. The zero-order chi connectivity index (χ0) is 25.5. The van der Waals surface area contributed by atoms with Gasteiger partial charge in [-0.3, -0.25) is 9.59 Å². The number of carbonyl (C=O) groups is 2. The molecular weight excluding hydrogens is 452 g/mol. The molecule has 1 fully saturated rings. The Hall–Kier alpha value is -3.02. The van der Waals surface area contributed by atoms with Gasteiger partial charge in [0.1, 0.15) is 18.1 Å². The maximum Gasteiger partial charge on any atom is 0.227 e. The van der Waals surface area contributed by atoms with Crippen molar-refractivity contribution in [3.8, 4) is 11.5 Å². The Morgan fingerprint density at radius 2 is 1.78 bits per heavy atom. The first-order chi connectivity index (χ1) is 17.4. The molecule has 2 heterocycles. The number of methoxy groups -OCH3 is 1. The fourth-order valence-corrected chi connectivity index (χ4v) is 5.75. The molecule has 2 amide bonds. The van der Waals surface area contributed by atoms with Crippen LogP contribution in [0.3, 0.4) is 0 Å². The van der Waals surface area contributed by atoms with Gasteiger partial charge in [0.05, 0.1) is 20.1 Å². The molecule has 2 aromatic carbocycles. The number of carbonyl (C=O) groups excluding carboxylic acids is 2. The number of ether oxygens (including phenoxy) is 2. The summed E-state index contributed by atoms with van der Waals surface area (Å²) in [5.74, 6) is 2.04. The molecule has 4 rings (SSSR count). The number of aryl methyl sites for hydroxylation is 2. The summed E-state index contributed by atoms with van der Waals surface area (Å²) in [7, 11) is 1.67. The second kappa shape index (κ2) is 11.8. The smallest absolute Gasteiger partial charge is 0.227 e. The highest BCUT2D eigenvalue weighted by Crippen LogP contribution is 2.38. The third kappa shape index (κ3) is 6.40. The van der Waals surface area contributed by atoms with E-state index in [1.54, 1.807) is 14.0 Å². The van der Waals surface area contributed by atoms with Gasteiger partial charge in [-0.15, -0.1) is 0 Å². The number of likely N-dealkylation sites (tertiary alicyclic amines) is 1. The molecule has 0 bridgehead atoms. The number of benzene rings is 2. The standard InChI is InChI=1S/C30H40N2O4/c1-23-20-25(11-12-27(23)35-3)21-29(34)32-18-19-36-28-10-5-4-8-26(28)9-6-7-13-30(22-32)14-16-31(17-15-30)24(2)33/h4-5,8,10-12,20H,6-7,9,13-19,21-22H2,1-3H3. The molecule has 2 aliphatic rings. The van der Waals surface area contributed by atoms with E-state index in [0.29, 0.717) is 19.6 Å². The van der Waals surface area contributed by atoms with Crippen LogP contribution in [0.5, 0.6) is 11.5 Å². The number of fused-ring (bicyclic) bond motifs is 1. The average molecular weight is 493 g/mol. The highest BCUT2D eigenvalue weighted by atomic mass is 16.5. The average Bonchev–Trinajstić information content (AvgIpc) is 2.86. The van der Waals surface area contributed by atoms with E-state index >= 15 is 0 Å². The van der Waals surface area contributed by atoms with Crippen LogP contribution in [0.4, 0.5) is 0 Å². The predicted molar refractivity (Wildman–Crippen MR) is 141 cm³/mol. The minimum atomic E-state index is 0.0378. The highest BCUT2D eigenvalue weighted by Gasteiger charge is 2.37. The summed E-state index contributed by atoms with van der Waals surface area (Å²) in [5, 5.41) is 0. The van der Waals surface area contributed by atoms with E-state index in [-0.39, 0.29) is 17.2 Å². The van der Waals surface area contributed by atoms with Gasteiger partial charge in [-0.2, -0.15) is 0 Å². The summed E-state index contributed by atoms with van der Waals surface area (Å²) in [4.78, 5) is 29.6. The molecule has 6 heteroatoms. The number of rotatable bonds is 3. The third-order valence-electron chi connectivity index (χ3n) is 7.96. The van der Waals surface area contributed by atoms with Crippen molar-refractivity contribution < 1.29 is 19.1 Å². The van der Waals surface area contributed by atoms with E-state index in [2.05, 4.69) is 12.1 Å². The molecule has 1 saturated heterocycles. The zero-order valence-corrected chi connectivity index (χ0v) is 22.1. The molecule has 2 aromatic rings. The number of hydrogen-bond donors (Lipinski definition) is 0. The zero-order valence-electron chi connectivity index (χ0n) is 22.1. The Morgan fingerprint density at radius 3 is 2.50 bits per heavy atom. The minimum absolute atomic E-state index is 0.0378. The highest BCUT2D eigenvalue weighted by molar-refractivity contribution is 5.79. The Labute approximate surface area is 215 Å². The lowest BCUT2D eigenvalue weighted by atomic mass is 9.73. The minimum Gasteiger partial charge on any atom is -0.496 e. The van der Waals surface area contributed by atoms with E-state index in [4.69, 9.17) is 9.47 Å². The molecule has 1 spiro atoms. The summed E-state index contributed by atoms with van der Waals surface area (Å²) in [6.07, 6.45) is 6.52. The largest absolute Gasteiger partial charge is 0.496 e. The van der Waals surface area contributed by atoms with Gasteiger partial charge in [-0.05, 0) is 73.3 Å². The van der Waals surface area contributed by atoms with Gasteiger partial charge in [0.2, 0.25) is 11.8 Å². The summed E-state index contributed by atoms with van der Waals surface area (Å²) >= 11 is 0. The third-order valence-corrected chi connectivity index (χ3v) is 7.96. The molecule has 194 valence electrons. The second-order valence-electron chi connectivity index (χ2n) is 10.5. The molecule has 6 nitrogen and oxygen atoms in total. The molecule has 0 atom stereocenters. The van der Waals surface area contributed by atoms with Crippen molar-refractivity contribution >= 4 is 11.8 Å². The van der Waals surface area contributed by atoms with Crippen LogP contribution in [0.25, 0.3) is 0 Å². The van der Waals surface area contributed by atoms with E-state index in [1.807, 2.05) is 47.1 Å². The van der Waals surface area contributed by atoms with Gasteiger partial charge in [0.25, 0.3) is 0 Å². The van der Waals surface area contributed by atoms with Crippen LogP contribution in [0.1, 0.15) is 55.7 Å². The van der Waals surface area contributed by atoms with Gasteiger partial charge < -0.3 is 19.3 Å². The van der Waals surface area contributed by atoms with E-state index in [0.717, 1.165) is 80.8 Å². The first kappa shape index (κ1) is 26.1. The first-order valence-corrected chi connectivity index (χ1v) is 13.3. The lowest BCUT2D eigenvalue weighted by molar-refractivity contribution is -0.136. The molecule has 0 N–H and O–H groups in total. The van der Waals surface area contributed by atoms with Gasteiger partial charge in [-0.1, -0.05) is 36.8 Å². The van der Waals surface area contributed by atoms with Gasteiger partial charge in [0, 0.05) is 26.6 Å². The quantitative estimate of drug-likeness (QED) is 0.617.